The molecule has 1 atom stereocenters. The van der Waals surface area contributed by atoms with E-state index in [9.17, 15) is 4.79 Å². The van der Waals surface area contributed by atoms with Crippen molar-refractivity contribution in [3.05, 3.63) is 29.8 Å². The van der Waals surface area contributed by atoms with Crippen molar-refractivity contribution in [1.29, 1.82) is 0 Å². The molecule has 4 heteroatoms. The average Bonchev–Trinajstić information content (AvgIpc) is 2.33. The lowest BCUT2D eigenvalue weighted by Gasteiger charge is -2.24. The zero-order valence-corrected chi connectivity index (χ0v) is 12.2. The van der Waals surface area contributed by atoms with Gasteiger partial charge in [0.05, 0.1) is 0 Å². The summed E-state index contributed by atoms with van der Waals surface area (Å²) in [6.07, 6.45) is 0. The number of benzene rings is 1. The molecule has 1 unspecified atom stereocenters. The molecule has 0 saturated heterocycles. The van der Waals surface area contributed by atoms with E-state index in [1.165, 1.54) is 0 Å². The molecule has 1 aromatic rings. The molecule has 3 N–H and O–H groups in total. The normalized spacial score (nSPS) is 13.1. The van der Waals surface area contributed by atoms with Crippen LogP contribution < -0.4 is 15.8 Å². The number of hydrogen-bond acceptors (Lipinski definition) is 3. The highest BCUT2D eigenvalue weighted by Gasteiger charge is 2.20. The van der Waals surface area contributed by atoms with Crippen LogP contribution in [0.3, 0.4) is 0 Å². The first-order valence-electron chi connectivity index (χ1n) is 6.61. The van der Waals surface area contributed by atoms with Gasteiger partial charge in [0.1, 0.15) is 18.4 Å². The van der Waals surface area contributed by atoms with Gasteiger partial charge in [0.15, 0.2) is 0 Å². The average molecular weight is 264 g/mol. The third kappa shape index (κ3) is 4.56. The molecule has 0 aliphatic heterocycles. The molecule has 0 aromatic heterocycles. The maximum Gasteiger partial charge on any atom is 0.238 e. The highest BCUT2D eigenvalue weighted by Crippen LogP contribution is 2.30. The molecule has 1 amide bonds. The lowest BCUT2D eigenvalue weighted by atomic mass is 9.86. The quantitative estimate of drug-likeness (QED) is 0.824. The molecule has 0 saturated carbocycles. The van der Waals surface area contributed by atoms with Gasteiger partial charge in [0, 0.05) is 0 Å². The summed E-state index contributed by atoms with van der Waals surface area (Å²) in [6, 6.07) is 7.42. The molecule has 0 bridgehead atoms. The van der Waals surface area contributed by atoms with E-state index in [0.29, 0.717) is 6.54 Å². The van der Waals surface area contributed by atoms with Gasteiger partial charge in [0.2, 0.25) is 5.91 Å². The molecule has 19 heavy (non-hydrogen) atoms. The summed E-state index contributed by atoms with van der Waals surface area (Å²) in [6.45, 7) is 9.24. The van der Waals surface area contributed by atoms with Crippen molar-refractivity contribution in [2.24, 2.45) is 5.73 Å². The van der Waals surface area contributed by atoms with E-state index in [2.05, 4.69) is 26.1 Å². The van der Waals surface area contributed by atoms with Crippen LogP contribution >= 0.6 is 0 Å². The van der Waals surface area contributed by atoms with Crippen LogP contribution in [-0.4, -0.2) is 25.1 Å². The Hall–Kier alpha value is -1.55. The molecule has 0 spiro atoms. The zero-order valence-electron chi connectivity index (χ0n) is 12.2. The van der Waals surface area contributed by atoms with Crippen LogP contribution in [0, 0.1) is 0 Å². The molecule has 0 radical (unpaired) electrons. The Morgan fingerprint density at radius 1 is 1.37 bits per heavy atom. The molecule has 0 aliphatic rings. The van der Waals surface area contributed by atoms with Gasteiger partial charge in [-0.05, 0) is 23.6 Å². The second-order valence-corrected chi connectivity index (χ2v) is 5.57. The van der Waals surface area contributed by atoms with Crippen molar-refractivity contribution in [2.75, 3.05) is 13.2 Å². The minimum Gasteiger partial charge on any atom is -0.491 e. The van der Waals surface area contributed by atoms with Gasteiger partial charge >= 0.3 is 0 Å². The lowest BCUT2D eigenvalue weighted by Crippen LogP contribution is -2.45. The predicted molar refractivity (Wildman–Crippen MR) is 77.3 cm³/mol. The predicted octanol–water partition coefficient (Wildman–Crippen LogP) is 1.83. The standard InChI is InChI=1S/C15H24N2O2/c1-5-17-12(14(16)18)10-19-13-9-7-6-8-11(13)15(2,3)4/h6-9,12,17H,5,10H2,1-4H3,(H2,16,18). The highest BCUT2D eigenvalue weighted by molar-refractivity contribution is 5.80. The monoisotopic (exact) mass is 264 g/mol. The fourth-order valence-electron chi connectivity index (χ4n) is 1.87. The molecule has 106 valence electrons. The van der Waals surface area contributed by atoms with E-state index < -0.39 is 11.9 Å². The summed E-state index contributed by atoms with van der Waals surface area (Å²) in [5.41, 5.74) is 6.45. The highest BCUT2D eigenvalue weighted by atomic mass is 16.5. The van der Waals surface area contributed by atoms with Gasteiger partial charge in [-0.1, -0.05) is 45.9 Å². The topological polar surface area (TPSA) is 64.3 Å². The minimum atomic E-state index is -0.460. The molecule has 0 heterocycles. The molecule has 4 nitrogen and oxygen atoms in total. The van der Waals surface area contributed by atoms with Crippen LogP contribution in [0.5, 0.6) is 5.75 Å². The molecule has 1 aromatic carbocycles. The van der Waals surface area contributed by atoms with E-state index in [1.54, 1.807) is 0 Å². The number of carbonyl (C=O) groups excluding carboxylic acids is 1. The first-order valence-corrected chi connectivity index (χ1v) is 6.61. The van der Waals surface area contributed by atoms with Gasteiger partial charge in [-0.2, -0.15) is 0 Å². The Morgan fingerprint density at radius 2 is 2.00 bits per heavy atom. The minimum absolute atomic E-state index is 0.00298. The van der Waals surface area contributed by atoms with Crippen LogP contribution in [-0.2, 0) is 10.2 Å². The first-order chi connectivity index (χ1) is 8.86. The van der Waals surface area contributed by atoms with Crippen LogP contribution in [0.25, 0.3) is 0 Å². The van der Waals surface area contributed by atoms with Crippen LogP contribution in [0.2, 0.25) is 0 Å². The molecular formula is C15H24N2O2. The summed E-state index contributed by atoms with van der Waals surface area (Å²) in [7, 11) is 0. The zero-order chi connectivity index (χ0) is 14.5. The number of para-hydroxylation sites is 1. The number of likely N-dealkylation sites (N-methyl/N-ethyl adjacent to an activating group) is 1. The van der Waals surface area contributed by atoms with Gasteiger partial charge in [-0.25, -0.2) is 0 Å². The Balaban J connectivity index is 2.80. The summed E-state index contributed by atoms with van der Waals surface area (Å²) in [5, 5.41) is 3.01. The Kier molecular flexibility index (Phi) is 5.36. The number of nitrogens with two attached hydrogens (primary N) is 1. The van der Waals surface area contributed by atoms with Crippen molar-refractivity contribution in [3.63, 3.8) is 0 Å². The number of carbonyl (C=O) groups is 1. The fraction of sp³-hybridized carbons (Fsp3) is 0.533. The molecular weight excluding hydrogens is 240 g/mol. The van der Waals surface area contributed by atoms with E-state index in [4.69, 9.17) is 10.5 Å². The third-order valence-corrected chi connectivity index (χ3v) is 2.89. The van der Waals surface area contributed by atoms with E-state index >= 15 is 0 Å². The Morgan fingerprint density at radius 3 is 2.53 bits per heavy atom. The van der Waals surface area contributed by atoms with Crippen LogP contribution in [0.1, 0.15) is 33.3 Å². The smallest absolute Gasteiger partial charge is 0.238 e. The van der Waals surface area contributed by atoms with Crippen LogP contribution in [0.15, 0.2) is 24.3 Å². The second kappa shape index (κ2) is 6.57. The van der Waals surface area contributed by atoms with Gasteiger partial charge in [-0.15, -0.1) is 0 Å². The first kappa shape index (κ1) is 15.5. The molecule has 0 aliphatic carbocycles. The fourth-order valence-corrected chi connectivity index (χ4v) is 1.87. The number of ether oxygens (including phenoxy) is 1. The maximum absolute atomic E-state index is 11.3. The van der Waals surface area contributed by atoms with Crippen molar-refractivity contribution in [3.8, 4) is 5.75 Å². The third-order valence-electron chi connectivity index (χ3n) is 2.89. The van der Waals surface area contributed by atoms with Gasteiger partial charge in [-0.3, -0.25) is 4.79 Å². The van der Waals surface area contributed by atoms with E-state index in [0.717, 1.165) is 11.3 Å². The van der Waals surface area contributed by atoms with E-state index in [1.807, 2.05) is 31.2 Å². The Bertz CT molecular complexity index is 424. The number of rotatable bonds is 6. The molecule has 1 rings (SSSR count). The Labute approximate surface area is 115 Å². The summed E-state index contributed by atoms with van der Waals surface area (Å²) < 4.78 is 5.78. The SMILES string of the molecule is CCNC(COc1ccccc1C(C)(C)C)C(N)=O. The van der Waals surface area contributed by atoms with Gasteiger partial charge in [0.25, 0.3) is 0 Å². The number of amides is 1. The summed E-state index contributed by atoms with van der Waals surface area (Å²) >= 11 is 0. The van der Waals surface area contributed by atoms with Crippen molar-refractivity contribution in [1.82, 2.24) is 5.32 Å². The molecule has 0 fully saturated rings. The number of nitrogens with one attached hydrogen (secondary N) is 1. The summed E-state index contributed by atoms with van der Waals surface area (Å²) in [4.78, 5) is 11.3. The number of hydrogen-bond donors (Lipinski definition) is 2. The van der Waals surface area contributed by atoms with Crippen molar-refractivity contribution < 1.29 is 9.53 Å². The summed E-state index contributed by atoms with van der Waals surface area (Å²) in [5.74, 6) is 0.411. The second-order valence-electron chi connectivity index (χ2n) is 5.57. The van der Waals surface area contributed by atoms with Crippen LogP contribution in [0.4, 0.5) is 0 Å². The van der Waals surface area contributed by atoms with E-state index in [-0.39, 0.29) is 12.0 Å². The number of primary amides is 1. The van der Waals surface area contributed by atoms with Crippen molar-refractivity contribution >= 4 is 5.91 Å². The van der Waals surface area contributed by atoms with Crippen molar-refractivity contribution in [2.45, 2.75) is 39.2 Å². The largest absolute Gasteiger partial charge is 0.491 e. The maximum atomic E-state index is 11.3. The van der Waals surface area contributed by atoms with Gasteiger partial charge < -0.3 is 15.8 Å². The lowest BCUT2D eigenvalue weighted by molar-refractivity contribution is -0.120.